The van der Waals surface area contributed by atoms with E-state index in [0.717, 1.165) is 51.1 Å². The molecular weight excluding hydrogens is 308 g/mol. The summed E-state index contributed by atoms with van der Waals surface area (Å²) in [5.41, 5.74) is 7.82. The molecule has 3 nitrogen and oxygen atoms in total. The van der Waals surface area contributed by atoms with Crippen LogP contribution in [-0.2, 0) is 11.2 Å². The molecular formula is C22H32N2O. The molecule has 2 unspecified atom stereocenters. The van der Waals surface area contributed by atoms with Crippen LogP contribution in [-0.4, -0.2) is 29.9 Å². The minimum Gasteiger partial charge on any atom is -0.342 e. The molecule has 1 aromatic rings. The number of nitrogens with two attached hydrogens (primary N) is 1. The van der Waals surface area contributed by atoms with Gasteiger partial charge in [0, 0.05) is 25.0 Å². The molecule has 2 saturated carbocycles. The summed E-state index contributed by atoms with van der Waals surface area (Å²) in [4.78, 5) is 15.2. The molecule has 2 aliphatic carbocycles. The smallest absolute Gasteiger partial charge is 0.225 e. The first-order chi connectivity index (χ1) is 12.2. The normalized spacial score (nSPS) is 33.2. The number of hydrogen-bond donors (Lipinski definition) is 1. The van der Waals surface area contributed by atoms with Crippen LogP contribution in [0.5, 0.6) is 0 Å². The Morgan fingerprint density at radius 2 is 1.64 bits per heavy atom. The first-order valence-electron chi connectivity index (χ1n) is 10.3. The van der Waals surface area contributed by atoms with Crippen molar-refractivity contribution in [3.8, 4) is 0 Å². The number of piperidine rings is 1. The lowest BCUT2D eigenvalue weighted by Crippen LogP contribution is -2.50. The van der Waals surface area contributed by atoms with Crippen molar-refractivity contribution in [2.24, 2.45) is 29.4 Å². The van der Waals surface area contributed by atoms with E-state index in [1.165, 1.54) is 24.8 Å². The van der Waals surface area contributed by atoms with E-state index in [0.29, 0.717) is 23.8 Å². The molecule has 1 saturated heterocycles. The van der Waals surface area contributed by atoms with Crippen molar-refractivity contribution in [3.63, 3.8) is 0 Å². The summed E-state index contributed by atoms with van der Waals surface area (Å²) in [6.07, 6.45) is 9.33. The van der Waals surface area contributed by atoms with Crippen molar-refractivity contribution < 1.29 is 4.79 Å². The van der Waals surface area contributed by atoms with E-state index < -0.39 is 0 Å². The lowest BCUT2D eigenvalue weighted by Gasteiger charge is -2.45. The molecule has 3 heteroatoms. The van der Waals surface area contributed by atoms with Crippen LogP contribution in [0.1, 0.15) is 50.5 Å². The maximum absolute atomic E-state index is 13.0. The van der Waals surface area contributed by atoms with Gasteiger partial charge in [0.15, 0.2) is 0 Å². The topological polar surface area (TPSA) is 46.3 Å². The fourth-order valence-corrected chi connectivity index (χ4v) is 5.55. The van der Waals surface area contributed by atoms with E-state index in [9.17, 15) is 4.79 Å². The van der Waals surface area contributed by atoms with Crippen LogP contribution in [0, 0.1) is 23.7 Å². The predicted octanol–water partition coefficient (Wildman–Crippen LogP) is 3.62. The number of likely N-dealkylation sites (tertiary alicyclic amines) is 1. The van der Waals surface area contributed by atoms with Crippen molar-refractivity contribution in [2.45, 2.75) is 57.4 Å². The number of fused-ring (bicyclic) bond motifs is 2. The minimum atomic E-state index is 0.251. The Balaban J connectivity index is 1.29. The Bertz CT molecular complexity index is 565. The zero-order valence-corrected chi connectivity index (χ0v) is 15.3. The third kappa shape index (κ3) is 3.76. The molecule has 3 aliphatic rings. The molecule has 2 bridgehead atoms. The lowest BCUT2D eigenvalue weighted by molar-refractivity contribution is -0.140. The molecule has 1 heterocycles. The van der Waals surface area contributed by atoms with Gasteiger partial charge < -0.3 is 10.6 Å². The highest BCUT2D eigenvalue weighted by Gasteiger charge is 2.41. The van der Waals surface area contributed by atoms with Crippen molar-refractivity contribution in [2.75, 3.05) is 13.1 Å². The molecule has 2 atom stereocenters. The van der Waals surface area contributed by atoms with Crippen LogP contribution in [0.25, 0.3) is 0 Å². The summed E-state index contributed by atoms with van der Waals surface area (Å²) in [5.74, 6) is 2.60. The van der Waals surface area contributed by atoms with E-state index in [1.54, 1.807) is 0 Å². The van der Waals surface area contributed by atoms with E-state index in [2.05, 4.69) is 35.2 Å². The van der Waals surface area contributed by atoms with Gasteiger partial charge in [0.05, 0.1) is 0 Å². The number of benzene rings is 1. The van der Waals surface area contributed by atoms with Crippen molar-refractivity contribution >= 4 is 5.91 Å². The summed E-state index contributed by atoms with van der Waals surface area (Å²) >= 11 is 0. The van der Waals surface area contributed by atoms with E-state index in [4.69, 9.17) is 5.73 Å². The van der Waals surface area contributed by atoms with Crippen LogP contribution in [0.15, 0.2) is 30.3 Å². The molecule has 1 aliphatic heterocycles. The standard InChI is InChI=1S/C22H32N2O/c23-21-18-7-4-8-19(21)15-20(14-18)22(25)24-11-9-17(10-12-24)13-16-5-2-1-3-6-16/h1-3,5-6,17-21H,4,7-15,23H2. The minimum absolute atomic E-state index is 0.251. The van der Waals surface area contributed by atoms with Gasteiger partial charge in [-0.1, -0.05) is 36.8 Å². The van der Waals surface area contributed by atoms with Gasteiger partial charge in [0.25, 0.3) is 0 Å². The van der Waals surface area contributed by atoms with E-state index in [-0.39, 0.29) is 5.92 Å². The molecule has 3 fully saturated rings. The SMILES string of the molecule is NC1C2CCCC1CC(C(=O)N1CCC(Cc3ccccc3)CC1)C2. The third-order valence-electron chi connectivity index (χ3n) is 7.06. The average molecular weight is 341 g/mol. The number of carbonyl (C=O) groups excluding carboxylic acids is 1. The van der Waals surface area contributed by atoms with E-state index in [1.807, 2.05) is 0 Å². The summed E-state index contributed by atoms with van der Waals surface area (Å²) < 4.78 is 0. The largest absolute Gasteiger partial charge is 0.342 e. The Kier molecular flexibility index (Phi) is 5.12. The summed E-state index contributed by atoms with van der Waals surface area (Å²) in [6, 6.07) is 11.1. The molecule has 0 spiro atoms. The monoisotopic (exact) mass is 340 g/mol. The second-order valence-corrected chi connectivity index (χ2v) is 8.66. The molecule has 0 aromatic heterocycles. The van der Waals surface area contributed by atoms with Crippen molar-refractivity contribution in [1.82, 2.24) is 4.90 Å². The first-order valence-corrected chi connectivity index (χ1v) is 10.3. The number of amides is 1. The fourth-order valence-electron chi connectivity index (χ4n) is 5.55. The Hall–Kier alpha value is -1.35. The van der Waals surface area contributed by atoms with Gasteiger partial charge in [-0.3, -0.25) is 4.79 Å². The number of rotatable bonds is 3. The maximum atomic E-state index is 13.0. The van der Waals surface area contributed by atoms with Gasteiger partial charge in [-0.15, -0.1) is 0 Å². The highest BCUT2D eigenvalue weighted by molar-refractivity contribution is 5.79. The van der Waals surface area contributed by atoms with Gasteiger partial charge in [-0.2, -0.15) is 0 Å². The summed E-state index contributed by atoms with van der Waals surface area (Å²) in [7, 11) is 0. The van der Waals surface area contributed by atoms with Crippen LogP contribution in [0.4, 0.5) is 0 Å². The van der Waals surface area contributed by atoms with Gasteiger partial charge in [0.1, 0.15) is 0 Å². The van der Waals surface area contributed by atoms with Crippen LogP contribution < -0.4 is 5.73 Å². The van der Waals surface area contributed by atoms with Crippen LogP contribution >= 0.6 is 0 Å². The number of nitrogens with zero attached hydrogens (tertiary/aromatic N) is 1. The zero-order chi connectivity index (χ0) is 17.2. The van der Waals surface area contributed by atoms with Crippen LogP contribution in [0.3, 0.4) is 0 Å². The Morgan fingerprint density at radius 1 is 1.00 bits per heavy atom. The lowest BCUT2D eigenvalue weighted by atomic mass is 9.65. The van der Waals surface area contributed by atoms with Gasteiger partial charge in [0.2, 0.25) is 5.91 Å². The van der Waals surface area contributed by atoms with Gasteiger partial charge in [-0.05, 0) is 68.3 Å². The highest BCUT2D eigenvalue weighted by atomic mass is 16.2. The molecule has 1 aromatic carbocycles. The fraction of sp³-hybridized carbons (Fsp3) is 0.682. The predicted molar refractivity (Wildman–Crippen MR) is 101 cm³/mol. The molecule has 136 valence electrons. The molecule has 4 rings (SSSR count). The maximum Gasteiger partial charge on any atom is 0.225 e. The Morgan fingerprint density at radius 3 is 2.28 bits per heavy atom. The quantitative estimate of drug-likeness (QED) is 0.913. The molecule has 1 amide bonds. The van der Waals surface area contributed by atoms with Crippen LogP contribution in [0.2, 0.25) is 0 Å². The van der Waals surface area contributed by atoms with Gasteiger partial charge >= 0.3 is 0 Å². The average Bonchev–Trinajstić information content (AvgIpc) is 2.62. The highest BCUT2D eigenvalue weighted by Crippen LogP contribution is 2.42. The number of hydrogen-bond acceptors (Lipinski definition) is 2. The zero-order valence-electron chi connectivity index (χ0n) is 15.3. The van der Waals surface area contributed by atoms with Crippen molar-refractivity contribution in [1.29, 1.82) is 0 Å². The molecule has 2 N–H and O–H groups in total. The first kappa shape index (κ1) is 17.1. The molecule has 25 heavy (non-hydrogen) atoms. The summed E-state index contributed by atoms with van der Waals surface area (Å²) in [6.45, 7) is 1.91. The second-order valence-electron chi connectivity index (χ2n) is 8.66. The van der Waals surface area contributed by atoms with E-state index >= 15 is 0 Å². The number of carbonyl (C=O) groups is 1. The Labute approximate surface area is 152 Å². The summed E-state index contributed by atoms with van der Waals surface area (Å²) in [5, 5.41) is 0. The van der Waals surface area contributed by atoms with Crippen molar-refractivity contribution in [3.05, 3.63) is 35.9 Å². The second kappa shape index (κ2) is 7.49. The molecule has 0 radical (unpaired) electrons. The third-order valence-corrected chi connectivity index (χ3v) is 7.06. The van der Waals surface area contributed by atoms with Gasteiger partial charge in [-0.25, -0.2) is 0 Å².